The van der Waals surface area contributed by atoms with Gasteiger partial charge in [-0.15, -0.1) is 0 Å². The Morgan fingerprint density at radius 1 is 1.47 bits per heavy atom. The summed E-state index contributed by atoms with van der Waals surface area (Å²) < 4.78 is 22.0. The third kappa shape index (κ3) is 5.75. The van der Waals surface area contributed by atoms with E-state index in [1.165, 1.54) is 12.1 Å². The lowest BCUT2D eigenvalue weighted by atomic mass is 10.2. The number of anilines is 1. The Kier molecular flexibility index (Phi) is 5.36. The second-order valence-corrected chi connectivity index (χ2v) is 6.34. The van der Waals surface area contributed by atoms with Gasteiger partial charge in [-0.05, 0) is 18.2 Å². The van der Waals surface area contributed by atoms with Gasteiger partial charge in [0.05, 0.1) is 5.69 Å². The first-order valence-corrected chi connectivity index (χ1v) is 7.62. The first-order valence-electron chi connectivity index (χ1n) is 5.18. The lowest BCUT2D eigenvalue weighted by Gasteiger charge is -2.07. The number of carbonyl (C=O) groups is 1. The van der Waals surface area contributed by atoms with Crippen LogP contribution in [0.2, 0.25) is 5.02 Å². The Morgan fingerprint density at radius 3 is 2.74 bits per heavy atom. The molecule has 0 aliphatic carbocycles. The summed E-state index contributed by atoms with van der Waals surface area (Å²) in [6.45, 7) is -0.330. The van der Waals surface area contributed by atoms with E-state index in [1.54, 1.807) is 6.07 Å². The number of halogens is 1. The summed E-state index contributed by atoms with van der Waals surface area (Å²) in [5.74, 6) is 3.79. The molecule has 1 rings (SSSR count). The SMILES string of the molecule is CS(=O)(=O)CC(=O)Nc1ccc(Cl)cc1C#CCO. The third-order valence-corrected chi connectivity index (χ3v) is 2.97. The molecule has 0 atom stereocenters. The van der Waals surface area contributed by atoms with Crippen LogP contribution in [-0.2, 0) is 14.6 Å². The van der Waals surface area contributed by atoms with E-state index in [2.05, 4.69) is 17.2 Å². The maximum absolute atomic E-state index is 11.5. The van der Waals surface area contributed by atoms with Gasteiger partial charge in [0.25, 0.3) is 0 Å². The zero-order valence-corrected chi connectivity index (χ0v) is 11.7. The van der Waals surface area contributed by atoms with Gasteiger partial charge in [0, 0.05) is 16.8 Å². The first kappa shape index (κ1) is 15.5. The van der Waals surface area contributed by atoms with E-state index in [0.29, 0.717) is 16.3 Å². The van der Waals surface area contributed by atoms with Gasteiger partial charge in [0.2, 0.25) is 5.91 Å². The molecule has 0 radical (unpaired) electrons. The fourth-order valence-electron chi connectivity index (χ4n) is 1.29. The van der Waals surface area contributed by atoms with Gasteiger partial charge in [-0.3, -0.25) is 4.79 Å². The summed E-state index contributed by atoms with van der Waals surface area (Å²) in [6.07, 6.45) is 0.973. The van der Waals surface area contributed by atoms with E-state index >= 15 is 0 Å². The van der Waals surface area contributed by atoms with Crippen LogP contribution in [0.5, 0.6) is 0 Å². The van der Waals surface area contributed by atoms with Crippen molar-refractivity contribution in [2.45, 2.75) is 0 Å². The van der Waals surface area contributed by atoms with Crippen molar-refractivity contribution >= 4 is 33.0 Å². The number of aliphatic hydroxyl groups is 1. The maximum Gasteiger partial charge on any atom is 0.239 e. The van der Waals surface area contributed by atoms with Crippen LogP contribution < -0.4 is 5.32 Å². The Balaban J connectivity index is 2.97. The van der Waals surface area contributed by atoms with Crippen molar-refractivity contribution in [1.29, 1.82) is 0 Å². The predicted molar refractivity (Wildman–Crippen MR) is 73.8 cm³/mol. The standard InChI is InChI=1S/C12H12ClNO4S/c1-19(17,18)8-12(16)14-11-5-4-10(13)7-9(11)3-2-6-15/h4-5,7,15H,6,8H2,1H3,(H,14,16). The molecule has 5 nitrogen and oxygen atoms in total. The van der Waals surface area contributed by atoms with Crippen LogP contribution in [0.15, 0.2) is 18.2 Å². The zero-order chi connectivity index (χ0) is 14.5. The number of hydrogen-bond donors (Lipinski definition) is 2. The minimum atomic E-state index is -3.40. The molecule has 0 saturated heterocycles. The van der Waals surface area contributed by atoms with Crippen LogP contribution in [0, 0.1) is 11.8 Å². The van der Waals surface area contributed by atoms with Gasteiger partial charge in [-0.2, -0.15) is 0 Å². The molecule has 0 unspecified atom stereocenters. The molecule has 0 aliphatic rings. The molecule has 0 spiro atoms. The van der Waals surface area contributed by atoms with Crippen LogP contribution in [0.4, 0.5) is 5.69 Å². The molecule has 0 aliphatic heterocycles. The Bertz CT molecular complexity index is 643. The second kappa shape index (κ2) is 6.57. The van der Waals surface area contributed by atoms with E-state index in [-0.39, 0.29) is 6.61 Å². The van der Waals surface area contributed by atoms with E-state index in [9.17, 15) is 13.2 Å². The monoisotopic (exact) mass is 301 g/mol. The highest BCUT2D eigenvalue weighted by Crippen LogP contribution is 2.19. The summed E-state index contributed by atoms with van der Waals surface area (Å²) in [5, 5.41) is 11.5. The molecule has 0 fully saturated rings. The Hall–Kier alpha value is -1.55. The second-order valence-electron chi connectivity index (χ2n) is 3.77. The summed E-state index contributed by atoms with van der Waals surface area (Å²) in [5.41, 5.74) is 0.752. The summed E-state index contributed by atoms with van der Waals surface area (Å²) in [4.78, 5) is 11.5. The molecule has 102 valence electrons. The smallest absolute Gasteiger partial charge is 0.239 e. The molecular weight excluding hydrogens is 290 g/mol. The molecule has 0 bridgehead atoms. The number of rotatable bonds is 3. The lowest BCUT2D eigenvalue weighted by molar-refractivity contribution is -0.113. The van der Waals surface area contributed by atoms with Crippen molar-refractivity contribution in [3.8, 4) is 11.8 Å². The molecule has 1 aromatic rings. The highest BCUT2D eigenvalue weighted by atomic mass is 35.5. The van der Waals surface area contributed by atoms with E-state index < -0.39 is 21.5 Å². The average molecular weight is 302 g/mol. The zero-order valence-electron chi connectivity index (χ0n) is 10.1. The number of hydrogen-bond acceptors (Lipinski definition) is 4. The van der Waals surface area contributed by atoms with Crippen molar-refractivity contribution in [2.75, 3.05) is 23.9 Å². The molecule has 7 heteroatoms. The predicted octanol–water partition coefficient (Wildman–Crippen LogP) is 0.667. The van der Waals surface area contributed by atoms with Crippen molar-refractivity contribution in [1.82, 2.24) is 0 Å². The van der Waals surface area contributed by atoms with E-state index in [0.717, 1.165) is 6.26 Å². The number of amides is 1. The van der Waals surface area contributed by atoms with Crippen LogP contribution in [-0.4, -0.2) is 38.0 Å². The van der Waals surface area contributed by atoms with Gasteiger partial charge in [-0.25, -0.2) is 8.42 Å². The highest BCUT2D eigenvalue weighted by molar-refractivity contribution is 7.91. The molecule has 1 amide bonds. The number of sulfone groups is 1. The highest BCUT2D eigenvalue weighted by Gasteiger charge is 2.12. The van der Waals surface area contributed by atoms with E-state index in [1.807, 2.05) is 0 Å². The Labute approximate surface area is 116 Å². The normalized spacial score (nSPS) is 10.5. The molecule has 2 N–H and O–H groups in total. The third-order valence-electron chi connectivity index (χ3n) is 1.95. The summed E-state index contributed by atoms with van der Waals surface area (Å²) in [7, 11) is -3.40. The summed E-state index contributed by atoms with van der Waals surface area (Å²) in [6, 6.07) is 4.58. The number of nitrogens with one attached hydrogen (secondary N) is 1. The van der Waals surface area contributed by atoms with Crippen molar-refractivity contribution in [3.05, 3.63) is 28.8 Å². The molecule has 0 saturated carbocycles. The topological polar surface area (TPSA) is 83.5 Å². The molecular formula is C12H12ClNO4S. The van der Waals surface area contributed by atoms with Crippen molar-refractivity contribution in [3.63, 3.8) is 0 Å². The van der Waals surface area contributed by atoms with Gasteiger partial charge in [0.1, 0.15) is 12.4 Å². The molecule has 1 aromatic carbocycles. The molecule has 0 aromatic heterocycles. The molecule has 19 heavy (non-hydrogen) atoms. The van der Waals surface area contributed by atoms with Crippen LogP contribution in [0.25, 0.3) is 0 Å². The fraction of sp³-hybridized carbons (Fsp3) is 0.250. The number of aliphatic hydroxyl groups excluding tert-OH is 1. The minimum Gasteiger partial charge on any atom is -0.384 e. The lowest BCUT2D eigenvalue weighted by Crippen LogP contribution is -2.22. The van der Waals surface area contributed by atoms with Crippen molar-refractivity contribution < 1.29 is 18.3 Å². The van der Waals surface area contributed by atoms with Gasteiger partial charge >= 0.3 is 0 Å². The van der Waals surface area contributed by atoms with Crippen LogP contribution >= 0.6 is 11.6 Å². The van der Waals surface area contributed by atoms with E-state index in [4.69, 9.17) is 16.7 Å². The Morgan fingerprint density at radius 2 is 2.16 bits per heavy atom. The first-order chi connectivity index (χ1) is 8.81. The van der Waals surface area contributed by atoms with Gasteiger partial charge < -0.3 is 10.4 Å². The maximum atomic E-state index is 11.5. The quantitative estimate of drug-likeness (QED) is 0.804. The van der Waals surface area contributed by atoms with Crippen LogP contribution in [0.3, 0.4) is 0 Å². The van der Waals surface area contributed by atoms with Crippen molar-refractivity contribution in [2.24, 2.45) is 0 Å². The van der Waals surface area contributed by atoms with Gasteiger partial charge in [-0.1, -0.05) is 23.4 Å². The average Bonchev–Trinajstić information content (AvgIpc) is 2.27. The fourth-order valence-corrected chi connectivity index (χ4v) is 2.01. The number of benzene rings is 1. The van der Waals surface area contributed by atoms with Crippen LogP contribution in [0.1, 0.15) is 5.56 Å². The minimum absolute atomic E-state index is 0.330. The largest absolute Gasteiger partial charge is 0.384 e. The van der Waals surface area contributed by atoms with Gasteiger partial charge in [0.15, 0.2) is 9.84 Å². The molecule has 0 heterocycles. The summed E-state index contributed by atoms with van der Waals surface area (Å²) >= 11 is 5.80. The number of carbonyl (C=O) groups excluding carboxylic acids is 1.